The average Bonchev–Trinajstić information content (AvgIpc) is 2.91. The molecule has 112 valence electrons. The maximum Gasteiger partial charge on any atom is 0.230 e. The quantitative estimate of drug-likeness (QED) is 0.792. The van der Waals surface area contributed by atoms with Gasteiger partial charge in [0.1, 0.15) is 0 Å². The molecule has 0 aliphatic heterocycles. The fourth-order valence-corrected chi connectivity index (χ4v) is 2.67. The van der Waals surface area contributed by atoms with Gasteiger partial charge in [0.25, 0.3) is 0 Å². The fraction of sp³-hybridized carbons (Fsp3) is 0.429. The summed E-state index contributed by atoms with van der Waals surface area (Å²) >= 11 is 1.33. The first-order chi connectivity index (χ1) is 10.2. The molecule has 7 heteroatoms. The normalized spacial score (nSPS) is 12.1. The first-order valence-electron chi connectivity index (χ1n) is 6.90. The summed E-state index contributed by atoms with van der Waals surface area (Å²) in [4.78, 5) is 12.1. The number of carbonyl (C=O) groups is 1. The van der Waals surface area contributed by atoms with Crippen LogP contribution in [-0.2, 0) is 11.8 Å². The molecule has 1 amide bonds. The van der Waals surface area contributed by atoms with Gasteiger partial charge in [-0.15, -0.1) is 5.10 Å². The molecule has 0 saturated carbocycles. The van der Waals surface area contributed by atoms with Gasteiger partial charge in [-0.3, -0.25) is 4.79 Å². The van der Waals surface area contributed by atoms with Crippen molar-refractivity contribution in [2.75, 3.05) is 5.75 Å². The molecule has 1 N–H and O–H groups in total. The minimum Gasteiger partial charge on any atom is -0.349 e. The van der Waals surface area contributed by atoms with Crippen molar-refractivity contribution >= 4 is 17.7 Å². The second-order valence-corrected chi connectivity index (χ2v) is 5.64. The maximum absolute atomic E-state index is 12.1. The molecule has 0 fully saturated rings. The van der Waals surface area contributed by atoms with Gasteiger partial charge in [0.2, 0.25) is 11.1 Å². The Balaban J connectivity index is 1.91. The zero-order chi connectivity index (χ0) is 15.1. The van der Waals surface area contributed by atoms with E-state index in [0.717, 1.165) is 18.4 Å². The number of nitrogens with zero attached hydrogens (tertiary/aromatic N) is 4. The van der Waals surface area contributed by atoms with Crippen LogP contribution in [0.5, 0.6) is 0 Å². The molecule has 1 aromatic carbocycles. The molecule has 1 atom stereocenters. The number of carbonyl (C=O) groups excluding carboxylic acids is 1. The predicted octanol–water partition coefficient (Wildman–Crippen LogP) is 1.96. The Morgan fingerprint density at radius 1 is 1.38 bits per heavy atom. The lowest BCUT2D eigenvalue weighted by Gasteiger charge is -2.18. The Labute approximate surface area is 128 Å². The highest BCUT2D eigenvalue weighted by Crippen LogP contribution is 2.19. The lowest BCUT2D eigenvalue weighted by atomic mass is 10.0. The average molecular weight is 305 g/mol. The van der Waals surface area contributed by atoms with Crippen LogP contribution in [0.25, 0.3) is 0 Å². The van der Waals surface area contributed by atoms with E-state index in [1.807, 2.05) is 30.3 Å². The smallest absolute Gasteiger partial charge is 0.230 e. The van der Waals surface area contributed by atoms with E-state index in [1.165, 1.54) is 11.8 Å². The van der Waals surface area contributed by atoms with Crippen molar-refractivity contribution in [2.45, 2.75) is 31.0 Å². The van der Waals surface area contributed by atoms with E-state index in [-0.39, 0.29) is 11.9 Å². The van der Waals surface area contributed by atoms with Crippen molar-refractivity contribution in [2.24, 2.45) is 7.05 Å². The Morgan fingerprint density at radius 2 is 2.14 bits per heavy atom. The van der Waals surface area contributed by atoms with Crippen molar-refractivity contribution in [1.29, 1.82) is 0 Å². The molecule has 6 nitrogen and oxygen atoms in total. The number of nitrogens with one attached hydrogen (secondary N) is 1. The zero-order valence-electron chi connectivity index (χ0n) is 12.2. The summed E-state index contributed by atoms with van der Waals surface area (Å²) in [5.74, 6) is 0.298. The maximum atomic E-state index is 12.1. The molecule has 0 aliphatic carbocycles. The molecule has 0 saturated heterocycles. The number of hydrogen-bond donors (Lipinski definition) is 1. The number of thioether (sulfide) groups is 1. The van der Waals surface area contributed by atoms with Crippen LogP contribution in [0.15, 0.2) is 35.5 Å². The van der Waals surface area contributed by atoms with Crippen molar-refractivity contribution in [1.82, 2.24) is 25.5 Å². The summed E-state index contributed by atoms with van der Waals surface area (Å²) in [6, 6.07) is 10.1. The Bertz CT molecular complexity index is 572. The minimum absolute atomic E-state index is 0.00898. The van der Waals surface area contributed by atoms with Gasteiger partial charge in [0, 0.05) is 7.05 Å². The van der Waals surface area contributed by atoms with Crippen molar-refractivity contribution < 1.29 is 4.79 Å². The van der Waals surface area contributed by atoms with Crippen molar-refractivity contribution in [3.05, 3.63) is 35.9 Å². The second kappa shape index (κ2) is 7.78. The van der Waals surface area contributed by atoms with Crippen LogP contribution in [0, 0.1) is 0 Å². The summed E-state index contributed by atoms with van der Waals surface area (Å²) in [7, 11) is 1.75. The van der Waals surface area contributed by atoms with Gasteiger partial charge >= 0.3 is 0 Å². The molecule has 2 aromatic rings. The van der Waals surface area contributed by atoms with E-state index < -0.39 is 0 Å². The van der Waals surface area contributed by atoms with E-state index in [9.17, 15) is 4.79 Å². The first kappa shape index (κ1) is 15.5. The molecule has 0 aliphatic rings. The van der Waals surface area contributed by atoms with E-state index in [2.05, 4.69) is 27.8 Å². The van der Waals surface area contributed by atoms with Crippen LogP contribution < -0.4 is 5.32 Å². The van der Waals surface area contributed by atoms with Crippen molar-refractivity contribution in [3.8, 4) is 0 Å². The highest BCUT2D eigenvalue weighted by molar-refractivity contribution is 7.99. The second-order valence-electron chi connectivity index (χ2n) is 4.69. The molecule has 2 rings (SSSR count). The van der Waals surface area contributed by atoms with Gasteiger partial charge < -0.3 is 5.32 Å². The third kappa shape index (κ3) is 4.56. The summed E-state index contributed by atoms with van der Waals surface area (Å²) in [6.07, 6.45) is 1.94. The van der Waals surface area contributed by atoms with Crippen LogP contribution in [0.1, 0.15) is 31.4 Å². The van der Waals surface area contributed by atoms with Gasteiger partial charge in [-0.25, -0.2) is 4.68 Å². The Hall–Kier alpha value is -1.89. The number of hydrogen-bond acceptors (Lipinski definition) is 5. The SMILES string of the molecule is CCC[C@@H](NC(=O)CSc1nnnn1C)c1ccccc1. The number of aromatic nitrogens is 4. The van der Waals surface area contributed by atoms with Crippen LogP contribution in [0.3, 0.4) is 0 Å². The number of aryl methyl sites for hydroxylation is 1. The summed E-state index contributed by atoms with van der Waals surface area (Å²) in [5.41, 5.74) is 1.14. The summed E-state index contributed by atoms with van der Waals surface area (Å²) in [6.45, 7) is 2.11. The molecule has 0 bridgehead atoms. The van der Waals surface area contributed by atoms with Gasteiger partial charge in [0.15, 0.2) is 0 Å². The molecule has 1 heterocycles. The third-order valence-corrected chi connectivity index (χ3v) is 4.04. The summed E-state index contributed by atoms with van der Waals surface area (Å²) < 4.78 is 1.55. The number of amides is 1. The standard InChI is InChI=1S/C14H19N5OS/c1-3-7-12(11-8-5-4-6-9-11)15-13(20)10-21-14-16-17-18-19(14)2/h4-6,8-9,12H,3,7,10H2,1-2H3,(H,15,20)/t12-/m1/s1. The molecular formula is C14H19N5OS. The Kier molecular flexibility index (Phi) is 5.74. The lowest BCUT2D eigenvalue weighted by molar-refractivity contribution is -0.119. The highest BCUT2D eigenvalue weighted by Gasteiger charge is 2.14. The van der Waals surface area contributed by atoms with Crippen LogP contribution in [-0.4, -0.2) is 31.9 Å². The molecule has 21 heavy (non-hydrogen) atoms. The largest absolute Gasteiger partial charge is 0.349 e. The van der Waals surface area contributed by atoms with E-state index >= 15 is 0 Å². The van der Waals surface area contributed by atoms with Gasteiger partial charge in [0.05, 0.1) is 11.8 Å². The van der Waals surface area contributed by atoms with Crippen LogP contribution in [0.4, 0.5) is 0 Å². The molecule has 1 aromatic heterocycles. The molecular weight excluding hydrogens is 286 g/mol. The van der Waals surface area contributed by atoms with E-state index in [0.29, 0.717) is 10.9 Å². The van der Waals surface area contributed by atoms with Gasteiger partial charge in [-0.05, 0) is 22.4 Å². The number of rotatable bonds is 7. The van der Waals surface area contributed by atoms with Crippen LogP contribution in [0.2, 0.25) is 0 Å². The number of benzene rings is 1. The minimum atomic E-state index is -0.00898. The predicted molar refractivity (Wildman–Crippen MR) is 81.8 cm³/mol. The first-order valence-corrected chi connectivity index (χ1v) is 7.88. The molecule has 0 spiro atoms. The third-order valence-electron chi connectivity index (χ3n) is 3.03. The van der Waals surface area contributed by atoms with Gasteiger partial charge in [-0.2, -0.15) is 0 Å². The number of tetrazole rings is 1. The topological polar surface area (TPSA) is 72.7 Å². The monoisotopic (exact) mass is 305 g/mol. The summed E-state index contributed by atoms with van der Waals surface area (Å²) in [5, 5.41) is 14.8. The molecule has 0 unspecified atom stereocenters. The van der Waals surface area contributed by atoms with Crippen molar-refractivity contribution in [3.63, 3.8) is 0 Å². The highest BCUT2D eigenvalue weighted by atomic mass is 32.2. The van der Waals surface area contributed by atoms with Gasteiger partial charge in [-0.1, -0.05) is 55.4 Å². The van der Waals surface area contributed by atoms with Crippen LogP contribution >= 0.6 is 11.8 Å². The van der Waals surface area contributed by atoms with E-state index in [1.54, 1.807) is 11.7 Å². The fourth-order valence-electron chi connectivity index (χ4n) is 2.01. The molecule has 0 radical (unpaired) electrons. The zero-order valence-corrected chi connectivity index (χ0v) is 13.0. The lowest BCUT2D eigenvalue weighted by Crippen LogP contribution is -2.30. The Morgan fingerprint density at radius 3 is 2.76 bits per heavy atom. The van der Waals surface area contributed by atoms with E-state index in [4.69, 9.17) is 0 Å².